The molecule has 2 atom stereocenters. The average Bonchev–Trinajstić information content (AvgIpc) is 2.64. The molecule has 0 spiro atoms. The molecule has 1 saturated heterocycles. The Labute approximate surface area is 105 Å². The highest BCUT2D eigenvalue weighted by Crippen LogP contribution is 2.18. The number of carboxylic acids is 1. The molecule has 1 heterocycles. The quantitative estimate of drug-likeness (QED) is 0.647. The lowest BCUT2D eigenvalue weighted by molar-refractivity contribution is -0.142. The van der Waals surface area contributed by atoms with Crippen molar-refractivity contribution < 1.29 is 27.9 Å². The highest BCUT2D eigenvalue weighted by atomic mass is 32.2. The molecule has 1 fully saturated rings. The van der Waals surface area contributed by atoms with Crippen LogP contribution in [-0.2, 0) is 24.2 Å². The maximum absolute atomic E-state index is 11.7. The SMILES string of the molecule is COCCC(NC(=O)C1CCS(=O)(=O)C1)C(=O)O. The fourth-order valence-electron chi connectivity index (χ4n) is 1.78. The first kappa shape index (κ1) is 14.9. The second-order valence-electron chi connectivity index (χ2n) is 4.28. The number of methoxy groups -OCH3 is 1. The summed E-state index contributed by atoms with van der Waals surface area (Å²) in [6.07, 6.45) is 0.405. The van der Waals surface area contributed by atoms with Gasteiger partial charge in [0.2, 0.25) is 5.91 Å². The number of rotatable bonds is 6. The van der Waals surface area contributed by atoms with Crippen molar-refractivity contribution in [2.24, 2.45) is 5.92 Å². The normalized spacial score (nSPS) is 23.5. The predicted octanol–water partition coefficient (Wildman–Crippen LogP) is -0.973. The maximum atomic E-state index is 11.7. The van der Waals surface area contributed by atoms with Crippen LogP contribution in [0.2, 0.25) is 0 Å². The molecule has 7 nitrogen and oxygen atoms in total. The number of carboxylic acid groups (broad SMARTS) is 1. The molecule has 0 aromatic heterocycles. The zero-order valence-corrected chi connectivity index (χ0v) is 10.9. The number of carbonyl (C=O) groups excluding carboxylic acids is 1. The average molecular weight is 279 g/mol. The minimum atomic E-state index is -3.15. The van der Waals surface area contributed by atoms with Crippen LogP contribution in [0.15, 0.2) is 0 Å². The Bertz CT molecular complexity index is 418. The molecule has 0 aromatic rings. The van der Waals surface area contributed by atoms with Gasteiger partial charge in [0.05, 0.1) is 17.4 Å². The van der Waals surface area contributed by atoms with E-state index in [4.69, 9.17) is 9.84 Å². The van der Waals surface area contributed by atoms with Gasteiger partial charge in [0.15, 0.2) is 9.84 Å². The number of hydrogen-bond donors (Lipinski definition) is 2. The van der Waals surface area contributed by atoms with Gasteiger partial charge in [-0.2, -0.15) is 0 Å². The minimum Gasteiger partial charge on any atom is -0.480 e. The van der Waals surface area contributed by atoms with Crippen LogP contribution in [0.3, 0.4) is 0 Å². The molecule has 18 heavy (non-hydrogen) atoms. The Hall–Kier alpha value is -1.15. The Balaban J connectivity index is 2.54. The Morgan fingerprint density at radius 1 is 1.50 bits per heavy atom. The number of hydrogen-bond acceptors (Lipinski definition) is 5. The fraction of sp³-hybridized carbons (Fsp3) is 0.800. The van der Waals surface area contributed by atoms with Gasteiger partial charge in [-0.05, 0) is 6.42 Å². The second kappa shape index (κ2) is 6.14. The standard InChI is InChI=1S/C10H17NO6S/c1-17-4-2-8(10(13)14)11-9(12)7-3-5-18(15,16)6-7/h7-8H,2-6H2,1H3,(H,11,12)(H,13,14). The zero-order valence-electron chi connectivity index (χ0n) is 10.1. The van der Waals surface area contributed by atoms with Crippen molar-refractivity contribution >= 4 is 21.7 Å². The number of amides is 1. The van der Waals surface area contributed by atoms with Crippen molar-refractivity contribution in [3.63, 3.8) is 0 Å². The summed E-state index contributed by atoms with van der Waals surface area (Å²) in [5.74, 6) is -2.52. The van der Waals surface area contributed by atoms with E-state index in [1.165, 1.54) is 7.11 Å². The van der Waals surface area contributed by atoms with E-state index in [0.29, 0.717) is 0 Å². The van der Waals surface area contributed by atoms with E-state index in [2.05, 4.69) is 5.32 Å². The summed E-state index contributed by atoms with van der Waals surface area (Å²) in [7, 11) is -1.71. The van der Waals surface area contributed by atoms with Crippen molar-refractivity contribution in [2.45, 2.75) is 18.9 Å². The summed E-state index contributed by atoms with van der Waals surface area (Å²) >= 11 is 0. The number of nitrogens with one attached hydrogen (secondary N) is 1. The Kier molecular flexibility index (Phi) is 5.09. The van der Waals surface area contributed by atoms with Crippen molar-refractivity contribution in [1.82, 2.24) is 5.32 Å². The molecule has 0 aromatic carbocycles. The first-order valence-electron chi connectivity index (χ1n) is 5.58. The monoisotopic (exact) mass is 279 g/mol. The van der Waals surface area contributed by atoms with Gasteiger partial charge in [0.1, 0.15) is 6.04 Å². The van der Waals surface area contributed by atoms with Crippen LogP contribution in [0, 0.1) is 5.92 Å². The fourth-order valence-corrected chi connectivity index (χ4v) is 3.53. The lowest BCUT2D eigenvalue weighted by Gasteiger charge is -2.16. The van der Waals surface area contributed by atoms with Crippen molar-refractivity contribution in [3.8, 4) is 0 Å². The topological polar surface area (TPSA) is 110 Å². The molecule has 8 heteroatoms. The van der Waals surface area contributed by atoms with Gasteiger partial charge in [0, 0.05) is 20.1 Å². The Morgan fingerprint density at radius 3 is 2.61 bits per heavy atom. The third-order valence-corrected chi connectivity index (χ3v) is 4.60. The van der Waals surface area contributed by atoms with Gasteiger partial charge >= 0.3 is 5.97 Å². The molecule has 0 bridgehead atoms. The minimum absolute atomic E-state index is 0.0130. The van der Waals surface area contributed by atoms with Crippen molar-refractivity contribution in [1.29, 1.82) is 0 Å². The molecule has 1 aliphatic heterocycles. The predicted molar refractivity (Wildman–Crippen MR) is 62.8 cm³/mol. The number of sulfone groups is 1. The van der Waals surface area contributed by atoms with Crippen molar-refractivity contribution in [2.75, 3.05) is 25.2 Å². The van der Waals surface area contributed by atoms with Crippen LogP contribution in [0.25, 0.3) is 0 Å². The van der Waals surface area contributed by atoms with Crippen LogP contribution in [-0.4, -0.2) is 56.7 Å². The molecular formula is C10H17NO6S. The van der Waals surface area contributed by atoms with Crippen LogP contribution >= 0.6 is 0 Å². The summed E-state index contributed by atoms with van der Waals surface area (Å²) in [6.45, 7) is 0.209. The van der Waals surface area contributed by atoms with Gasteiger partial charge in [-0.25, -0.2) is 13.2 Å². The number of carbonyl (C=O) groups is 2. The van der Waals surface area contributed by atoms with E-state index in [1.807, 2.05) is 0 Å². The molecule has 0 aliphatic carbocycles. The number of aliphatic carboxylic acids is 1. The largest absolute Gasteiger partial charge is 0.480 e. The smallest absolute Gasteiger partial charge is 0.326 e. The molecule has 1 aliphatic rings. The second-order valence-corrected chi connectivity index (χ2v) is 6.51. The van der Waals surface area contributed by atoms with Gasteiger partial charge < -0.3 is 15.2 Å². The molecule has 1 rings (SSSR count). The molecular weight excluding hydrogens is 262 g/mol. The van der Waals surface area contributed by atoms with Crippen LogP contribution in [0.4, 0.5) is 0 Å². The summed E-state index contributed by atoms with van der Waals surface area (Å²) < 4.78 is 27.2. The first-order chi connectivity index (χ1) is 8.35. The number of ether oxygens (including phenoxy) is 1. The van der Waals surface area contributed by atoms with Crippen molar-refractivity contribution in [3.05, 3.63) is 0 Å². The van der Waals surface area contributed by atoms with E-state index in [-0.39, 0.29) is 31.0 Å². The molecule has 1 amide bonds. The van der Waals surface area contributed by atoms with E-state index < -0.39 is 33.7 Å². The van der Waals surface area contributed by atoms with E-state index >= 15 is 0 Å². The van der Waals surface area contributed by atoms with E-state index in [1.54, 1.807) is 0 Å². The van der Waals surface area contributed by atoms with Gasteiger partial charge in [-0.3, -0.25) is 4.79 Å². The van der Waals surface area contributed by atoms with Crippen LogP contribution in [0.5, 0.6) is 0 Å². The van der Waals surface area contributed by atoms with Gasteiger partial charge in [-0.15, -0.1) is 0 Å². The third kappa shape index (κ3) is 4.26. The lowest BCUT2D eigenvalue weighted by atomic mass is 10.1. The highest BCUT2D eigenvalue weighted by Gasteiger charge is 2.34. The first-order valence-corrected chi connectivity index (χ1v) is 7.40. The summed E-state index contributed by atoms with van der Waals surface area (Å²) in [5, 5.41) is 11.3. The Morgan fingerprint density at radius 2 is 2.17 bits per heavy atom. The lowest BCUT2D eigenvalue weighted by Crippen LogP contribution is -2.44. The van der Waals surface area contributed by atoms with E-state index in [0.717, 1.165) is 0 Å². The van der Waals surface area contributed by atoms with Crippen LogP contribution in [0.1, 0.15) is 12.8 Å². The summed E-state index contributed by atoms with van der Waals surface area (Å²) in [5.41, 5.74) is 0. The molecule has 0 saturated carbocycles. The zero-order chi connectivity index (χ0) is 13.8. The van der Waals surface area contributed by atoms with Gasteiger partial charge in [-0.1, -0.05) is 0 Å². The maximum Gasteiger partial charge on any atom is 0.326 e. The molecule has 104 valence electrons. The van der Waals surface area contributed by atoms with Gasteiger partial charge in [0.25, 0.3) is 0 Å². The third-order valence-electron chi connectivity index (χ3n) is 2.83. The summed E-state index contributed by atoms with van der Waals surface area (Å²) in [4.78, 5) is 22.6. The van der Waals surface area contributed by atoms with Crippen LogP contribution < -0.4 is 5.32 Å². The van der Waals surface area contributed by atoms with E-state index in [9.17, 15) is 18.0 Å². The molecule has 0 radical (unpaired) electrons. The molecule has 2 unspecified atom stereocenters. The summed E-state index contributed by atoms with van der Waals surface area (Å²) in [6, 6.07) is -1.04. The highest BCUT2D eigenvalue weighted by molar-refractivity contribution is 7.91. The molecule has 2 N–H and O–H groups in total.